The van der Waals surface area contributed by atoms with Crippen LogP contribution in [0.1, 0.15) is 32.6 Å². The van der Waals surface area contributed by atoms with Gasteiger partial charge in [0.1, 0.15) is 0 Å². The van der Waals surface area contributed by atoms with Crippen LogP contribution in [0, 0.1) is 0 Å². The van der Waals surface area contributed by atoms with Crippen LogP contribution >= 0.6 is 15.9 Å². The minimum absolute atomic E-state index is 0.680. The van der Waals surface area contributed by atoms with Gasteiger partial charge in [-0.2, -0.15) is 0 Å². The average Bonchev–Trinajstić information content (AvgIpc) is 2.16. The molecule has 3 heteroatoms. The quantitative estimate of drug-likeness (QED) is 0.503. The van der Waals surface area contributed by atoms with Gasteiger partial charge in [-0.15, -0.1) is 0 Å². The van der Waals surface area contributed by atoms with Gasteiger partial charge >= 0.3 is 0 Å². The van der Waals surface area contributed by atoms with Crippen molar-refractivity contribution in [1.82, 2.24) is 5.32 Å². The van der Waals surface area contributed by atoms with Gasteiger partial charge in [0.05, 0.1) is 0 Å². The summed E-state index contributed by atoms with van der Waals surface area (Å²) in [7, 11) is 1.75. The van der Waals surface area contributed by atoms with Gasteiger partial charge in [0.15, 0.2) is 0 Å². The smallest absolute Gasteiger partial charge is 0.0462 e. The highest BCUT2D eigenvalue weighted by Gasteiger charge is 1.98. The van der Waals surface area contributed by atoms with Crippen LogP contribution < -0.4 is 5.32 Å². The number of halogens is 1. The van der Waals surface area contributed by atoms with Gasteiger partial charge in [-0.25, -0.2) is 0 Å². The van der Waals surface area contributed by atoms with Crippen LogP contribution in [0.25, 0.3) is 0 Å². The van der Waals surface area contributed by atoms with Crippen molar-refractivity contribution in [3.63, 3.8) is 0 Å². The van der Waals surface area contributed by atoms with Crippen molar-refractivity contribution in [2.75, 3.05) is 26.8 Å². The number of nitrogens with one attached hydrogen (secondary N) is 1. The van der Waals surface area contributed by atoms with E-state index in [9.17, 15) is 0 Å². The zero-order chi connectivity index (χ0) is 9.94. The van der Waals surface area contributed by atoms with E-state index >= 15 is 0 Å². The fourth-order valence-electron chi connectivity index (χ4n) is 1.08. The summed E-state index contributed by atoms with van der Waals surface area (Å²) in [6, 6.07) is 0. The highest BCUT2D eigenvalue weighted by Crippen LogP contribution is 2.07. The molecular formula is C10H22BrNO. The van der Waals surface area contributed by atoms with E-state index in [1.165, 1.54) is 19.3 Å². The molecule has 0 aliphatic carbocycles. The van der Waals surface area contributed by atoms with E-state index in [0.29, 0.717) is 4.83 Å². The van der Waals surface area contributed by atoms with Crippen molar-refractivity contribution in [3.05, 3.63) is 0 Å². The van der Waals surface area contributed by atoms with Crippen molar-refractivity contribution < 1.29 is 4.74 Å². The summed E-state index contributed by atoms with van der Waals surface area (Å²) in [6.45, 7) is 5.33. The van der Waals surface area contributed by atoms with E-state index in [2.05, 4.69) is 28.2 Å². The van der Waals surface area contributed by atoms with Crippen LogP contribution in [-0.4, -0.2) is 31.6 Å². The molecule has 0 aromatic heterocycles. The van der Waals surface area contributed by atoms with Gasteiger partial charge in [-0.1, -0.05) is 22.9 Å². The fraction of sp³-hybridized carbons (Fsp3) is 1.00. The molecule has 0 aliphatic rings. The Labute approximate surface area is 90.6 Å². The molecule has 2 nitrogen and oxygen atoms in total. The maximum Gasteiger partial charge on any atom is 0.0462 e. The van der Waals surface area contributed by atoms with E-state index < -0.39 is 0 Å². The first-order chi connectivity index (χ1) is 6.31. The second-order valence-electron chi connectivity index (χ2n) is 3.24. The SMILES string of the molecule is CCC(Br)CCNCCCCOC. The van der Waals surface area contributed by atoms with Gasteiger partial charge < -0.3 is 10.1 Å². The Kier molecular flexibility index (Phi) is 10.8. The first-order valence-corrected chi connectivity index (χ1v) is 6.06. The number of unbranched alkanes of at least 4 members (excludes halogenated alkanes) is 1. The Hall–Kier alpha value is 0.400. The van der Waals surface area contributed by atoms with E-state index in [-0.39, 0.29) is 0 Å². The zero-order valence-electron chi connectivity index (χ0n) is 8.81. The van der Waals surface area contributed by atoms with Gasteiger partial charge in [0, 0.05) is 18.5 Å². The number of ether oxygens (including phenoxy) is 1. The summed E-state index contributed by atoms with van der Waals surface area (Å²) in [4.78, 5) is 0.680. The maximum atomic E-state index is 4.97. The van der Waals surface area contributed by atoms with Crippen LogP contribution in [0.5, 0.6) is 0 Å². The summed E-state index contributed by atoms with van der Waals surface area (Å²) in [5, 5.41) is 3.42. The van der Waals surface area contributed by atoms with Crippen molar-refractivity contribution in [2.45, 2.75) is 37.4 Å². The molecule has 0 aromatic rings. The van der Waals surface area contributed by atoms with E-state index in [4.69, 9.17) is 4.74 Å². The number of alkyl halides is 1. The average molecular weight is 252 g/mol. The topological polar surface area (TPSA) is 21.3 Å². The molecule has 1 unspecified atom stereocenters. The van der Waals surface area contributed by atoms with Crippen LogP contribution in [0.2, 0.25) is 0 Å². The molecular weight excluding hydrogens is 230 g/mol. The zero-order valence-corrected chi connectivity index (χ0v) is 10.4. The molecule has 0 saturated heterocycles. The molecule has 0 amide bonds. The molecule has 0 aromatic carbocycles. The minimum Gasteiger partial charge on any atom is -0.385 e. The monoisotopic (exact) mass is 251 g/mol. The van der Waals surface area contributed by atoms with Crippen molar-refractivity contribution in [2.24, 2.45) is 0 Å². The van der Waals surface area contributed by atoms with Crippen LogP contribution in [0.4, 0.5) is 0 Å². The number of hydrogen-bond acceptors (Lipinski definition) is 2. The van der Waals surface area contributed by atoms with Gasteiger partial charge in [-0.05, 0) is 38.8 Å². The highest BCUT2D eigenvalue weighted by molar-refractivity contribution is 9.09. The van der Waals surface area contributed by atoms with Gasteiger partial charge in [0.2, 0.25) is 0 Å². The lowest BCUT2D eigenvalue weighted by atomic mass is 10.2. The molecule has 0 bridgehead atoms. The second kappa shape index (κ2) is 10.5. The van der Waals surface area contributed by atoms with Crippen LogP contribution in [0.15, 0.2) is 0 Å². The molecule has 0 aliphatic heterocycles. The molecule has 0 heterocycles. The summed E-state index contributed by atoms with van der Waals surface area (Å²) >= 11 is 3.61. The Morgan fingerprint density at radius 2 is 2.08 bits per heavy atom. The molecule has 13 heavy (non-hydrogen) atoms. The third-order valence-electron chi connectivity index (χ3n) is 2.03. The van der Waals surface area contributed by atoms with Crippen molar-refractivity contribution in [3.8, 4) is 0 Å². The van der Waals surface area contributed by atoms with E-state index in [1.54, 1.807) is 7.11 Å². The predicted octanol–water partition coefficient (Wildman–Crippen LogP) is 2.57. The maximum absolute atomic E-state index is 4.97. The minimum atomic E-state index is 0.680. The Bertz CT molecular complexity index is 101. The van der Waals surface area contributed by atoms with E-state index in [1.807, 2.05) is 0 Å². The Morgan fingerprint density at radius 1 is 1.31 bits per heavy atom. The Balaban J connectivity index is 2.91. The second-order valence-corrected chi connectivity index (χ2v) is 4.54. The van der Waals surface area contributed by atoms with Gasteiger partial charge in [-0.3, -0.25) is 0 Å². The summed E-state index contributed by atoms with van der Waals surface area (Å²) in [5.74, 6) is 0. The number of rotatable bonds is 9. The van der Waals surface area contributed by atoms with Crippen molar-refractivity contribution in [1.29, 1.82) is 0 Å². The summed E-state index contributed by atoms with van der Waals surface area (Å²) in [5.41, 5.74) is 0. The highest BCUT2D eigenvalue weighted by atomic mass is 79.9. The molecule has 0 fully saturated rings. The lowest BCUT2D eigenvalue weighted by molar-refractivity contribution is 0.192. The first kappa shape index (κ1) is 13.4. The molecule has 1 atom stereocenters. The van der Waals surface area contributed by atoms with Crippen LogP contribution in [-0.2, 0) is 4.74 Å². The largest absolute Gasteiger partial charge is 0.385 e. The molecule has 1 N–H and O–H groups in total. The summed E-state index contributed by atoms with van der Waals surface area (Å²) < 4.78 is 4.97. The normalized spacial score (nSPS) is 13.2. The third kappa shape index (κ3) is 10.3. The van der Waals surface area contributed by atoms with Crippen LogP contribution in [0.3, 0.4) is 0 Å². The van der Waals surface area contributed by atoms with Gasteiger partial charge in [0.25, 0.3) is 0 Å². The molecule has 0 rings (SSSR count). The third-order valence-corrected chi connectivity index (χ3v) is 3.13. The Morgan fingerprint density at radius 3 is 2.69 bits per heavy atom. The molecule has 80 valence electrons. The predicted molar refractivity (Wildman–Crippen MR) is 61.6 cm³/mol. The standard InChI is InChI=1S/C10H22BrNO/c1-3-10(11)6-8-12-7-4-5-9-13-2/h10,12H,3-9H2,1-2H3. The fourth-order valence-corrected chi connectivity index (χ4v) is 1.31. The first-order valence-electron chi connectivity index (χ1n) is 5.15. The molecule has 0 saturated carbocycles. The lowest BCUT2D eigenvalue weighted by Crippen LogP contribution is -2.19. The summed E-state index contributed by atoms with van der Waals surface area (Å²) in [6.07, 6.45) is 4.81. The lowest BCUT2D eigenvalue weighted by Gasteiger charge is -2.07. The molecule has 0 spiro atoms. The molecule has 0 radical (unpaired) electrons. The number of hydrogen-bond donors (Lipinski definition) is 1. The number of methoxy groups -OCH3 is 1. The van der Waals surface area contributed by atoms with E-state index in [0.717, 1.165) is 26.1 Å². The van der Waals surface area contributed by atoms with Crippen molar-refractivity contribution >= 4 is 15.9 Å².